The predicted molar refractivity (Wildman–Crippen MR) is 44.1 cm³/mol. The van der Waals surface area contributed by atoms with Gasteiger partial charge in [0.25, 0.3) is 0 Å². The van der Waals surface area contributed by atoms with Crippen LogP contribution in [0.5, 0.6) is 0 Å². The van der Waals surface area contributed by atoms with Crippen LogP contribution in [0.4, 0.5) is 0 Å². The van der Waals surface area contributed by atoms with E-state index in [0.29, 0.717) is 6.54 Å². The molecular formula is C7H9N3. The average Bonchev–Trinajstić information content (AvgIpc) is 2.02. The largest absolute Gasteiger partial charge is 0.291 e. The van der Waals surface area contributed by atoms with Crippen molar-refractivity contribution < 1.29 is 0 Å². The maximum atomic E-state index is 4.03. The molecule has 1 aliphatic rings. The fourth-order valence-electron chi connectivity index (χ4n) is 0.554. The van der Waals surface area contributed by atoms with E-state index in [4.69, 9.17) is 0 Å². The van der Waals surface area contributed by atoms with Crippen LogP contribution in [0.25, 0.3) is 0 Å². The zero-order valence-corrected chi connectivity index (χ0v) is 5.70. The average molecular weight is 135 g/mol. The Morgan fingerprint density at radius 1 is 1.40 bits per heavy atom. The van der Waals surface area contributed by atoms with E-state index >= 15 is 0 Å². The van der Waals surface area contributed by atoms with Crippen molar-refractivity contribution >= 4 is 18.8 Å². The van der Waals surface area contributed by atoms with Crippen molar-refractivity contribution in [2.24, 2.45) is 15.0 Å². The van der Waals surface area contributed by atoms with Gasteiger partial charge in [0.2, 0.25) is 0 Å². The highest BCUT2D eigenvalue weighted by Crippen LogP contribution is 1.96. The standard InChI is InChI=1S/C7H9N3/c1-7-2-3-8-4-5-9-6-10-7/h3,5-6H,1-2,4H2. The van der Waals surface area contributed by atoms with E-state index in [1.54, 1.807) is 12.4 Å². The van der Waals surface area contributed by atoms with Crippen LogP contribution >= 0.6 is 0 Å². The summed E-state index contributed by atoms with van der Waals surface area (Å²) >= 11 is 0. The molecule has 0 bridgehead atoms. The molecule has 52 valence electrons. The first-order valence-corrected chi connectivity index (χ1v) is 3.10. The third-order valence-electron chi connectivity index (χ3n) is 1.06. The molecule has 0 amide bonds. The highest BCUT2D eigenvalue weighted by molar-refractivity contribution is 5.76. The molecule has 0 aromatic carbocycles. The molecule has 1 aliphatic heterocycles. The van der Waals surface area contributed by atoms with Crippen molar-refractivity contribution in [3.8, 4) is 0 Å². The lowest BCUT2D eigenvalue weighted by molar-refractivity contribution is 1.23. The lowest BCUT2D eigenvalue weighted by Crippen LogP contribution is -1.81. The minimum atomic E-state index is 0.638. The predicted octanol–water partition coefficient (Wildman–Crippen LogP) is 1.07. The van der Waals surface area contributed by atoms with E-state index in [-0.39, 0.29) is 0 Å². The third-order valence-corrected chi connectivity index (χ3v) is 1.06. The zero-order chi connectivity index (χ0) is 7.23. The summed E-state index contributed by atoms with van der Waals surface area (Å²) in [6.07, 6.45) is 5.73. The van der Waals surface area contributed by atoms with Crippen LogP contribution < -0.4 is 0 Å². The molecule has 0 saturated heterocycles. The van der Waals surface area contributed by atoms with Gasteiger partial charge in [0.1, 0.15) is 6.34 Å². The molecule has 1 heterocycles. The molecular weight excluding hydrogens is 126 g/mol. The van der Waals surface area contributed by atoms with Gasteiger partial charge in [0.05, 0.1) is 6.54 Å². The van der Waals surface area contributed by atoms with Gasteiger partial charge in [-0.2, -0.15) is 0 Å². The molecule has 3 heteroatoms. The number of hydrogen-bond donors (Lipinski definition) is 0. The topological polar surface area (TPSA) is 37.1 Å². The van der Waals surface area contributed by atoms with Crippen molar-refractivity contribution in [1.82, 2.24) is 0 Å². The van der Waals surface area contributed by atoms with Crippen LogP contribution in [0.3, 0.4) is 0 Å². The summed E-state index contributed by atoms with van der Waals surface area (Å²) in [5.74, 6) is 0. The molecule has 0 radical (unpaired) electrons. The Balaban J connectivity index is 2.62. The number of rotatable bonds is 0. The lowest BCUT2D eigenvalue weighted by atomic mass is 10.4. The Kier molecular flexibility index (Phi) is 2.55. The lowest BCUT2D eigenvalue weighted by Gasteiger charge is -1.87. The quantitative estimate of drug-likeness (QED) is 0.476. The van der Waals surface area contributed by atoms with Crippen molar-refractivity contribution in [2.45, 2.75) is 6.42 Å². The Labute approximate surface area is 59.9 Å². The molecule has 0 N–H and O–H groups in total. The fraction of sp³-hybridized carbons (Fsp3) is 0.286. The molecule has 1 rings (SSSR count). The van der Waals surface area contributed by atoms with Gasteiger partial charge < -0.3 is 0 Å². The third kappa shape index (κ3) is 2.35. The Hall–Kier alpha value is -1.25. The second-order valence-corrected chi connectivity index (χ2v) is 1.89. The van der Waals surface area contributed by atoms with Crippen LogP contribution in [0.1, 0.15) is 6.42 Å². The Morgan fingerprint density at radius 3 is 3.20 bits per heavy atom. The van der Waals surface area contributed by atoms with Crippen LogP contribution in [-0.2, 0) is 0 Å². The summed E-state index contributed by atoms with van der Waals surface area (Å²) in [5.41, 5.74) is 0.794. The fourth-order valence-corrected chi connectivity index (χ4v) is 0.554. The van der Waals surface area contributed by atoms with E-state index in [2.05, 4.69) is 21.6 Å². The summed E-state index contributed by atoms with van der Waals surface area (Å²) in [4.78, 5) is 11.8. The van der Waals surface area contributed by atoms with Gasteiger partial charge in [-0.05, 0) is 0 Å². The molecule has 10 heavy (non-hydrogen) atoms. The first-order chi connectivity index (χ1) is 4.89. The maximum absolute atomic E-state index is 4.03. The van der Waals surface area contributed by atoms with Crippen LogP contribution in [0.2, 0.25) is 0 Å². The summed E-state index contributed by atoms with van der Waals surface area (Å²) in [5, 5.41) is 0. The summed E-state index contributed by atoms with van der Waals surface area (Å²) in [7, 11) is 0. The SMILES string of the molecule is C=C1CC=NCC=NC=N1. The van der Waals surface area contributed by atoms with Crippen LogP contribution in [0, 0.1) is 0 Å². The van der Waals surface area contributed by atoms with Crippen molar-refractivity contribution in [2.75, 3.05) is 6.54 Å². The molecule has 0 fully saturated rings. The van der Waals surface area contributed by atoms with Crippen molar-refractivity contribution in [3.05, 3.63) is 12.3 Å². The monoisotopic (exact) mass is 135 g/mol. The molecule has 0 saturated carbocycles. The van der Waals surface area contributed by atoms with E-state index in [1.165, 1.54) is 6.34 Å². The molecule has 3 nitrogen and oxygen atoms in total. The molecule has 0 unspecified atom stereocenters. The molecule has 0 spiro atoms. The molecule has 0 aromatic heterocycles. The second kappa shape index (κ2) is 3.71. The first-order valence-electron chi connectivity index (χ1n) is 3.10. The number of hydrogen-bond acceptors (Lipinski definition) is 3. The van der Waals surface area contributed by atoms with E-state index in [9.17, 15) is 0 Å². The summed E-state index contributed by atoms with van der Waals surface area (Å²) < 4.78 is 0. The number of aliphatic imine (C=N–C) groups is 3. The van der Waals surface area contributed by atoms with Gasteiger partial charge in [-0.3, -0.25) is 4.99 Å². The normalized spacial score (nSPS) is 18.2. The Bertz CT molecular complexity index is 201. The smallest absolute Gasteiger partial charge is 0.115 e. The van der Waals surface area contributed by atoms with Gasteiger partial charge in [-0.15, -0.1) is 0 Å². The summed E-state index contributed by atoms with van der Waals surface area (Å²) in [6.45, 7) is 4.33. The number of allylic oxidation sites excluding steroid dienone is 1. The van der Waals surface area contributed by atoms with E-state index in [1.807, 2.05) is 0 Å². The van der Waals surface area contributed by atoms with Gasteiger partial charge in [0.15, 0.2) is 0 Å². The zero-order valence-electron chi connectivity index (χ0n) is 5.70. The van der Waals surface area contributed by atoms with Gasteiger partial charge in [-0.1, -0.05) is 6.58 Å². The van der Waals surface area contributed by atoms with Gasteiger partial charge in [0, 0.05) is 24.5 Å². The first kappa shape index (κ1) is 6.86. The summed E-state index contributed by atoms with van der Waals surface area (Å²) in [6, 6.07) is 0. The van der Waals surface area contributed by atoms with Crippen LogP contribution in [0.15, 0.2) is 27.3 Å². The van der Waals surface area contributed by atoms with Crippen molar-refractivity contribution in [1.29, 1.82) is 0 Å². The van der Waals surface area contributed by atoms with E-state index < -0.39 is 0 Å². The second-order valence-electron chi connectivity index (χ2n) is 1.89. The molecule has 0 aliphatic carbocycles. The molecule has 0 atom stereocenters. The highest BCUT2D eigenvalue weighted by Gasteiger charge is 1.85. The highest BCUT2D eigenvalue weighted by atomic mass is 14.9. The van der Waals surface area contributed by atoms with Crippen LogP contribution in [-0.4, -0.2) is 25.3 Å². The maximum Gasteiger partial charge on any atom is 0.115 e. The van der Waals surface area contributed by atoms with Gasteiger partial charge in [-0.25, -0.2) is 9.98 Å². The minimum Gasteiger partial charge on any atom is -0.291 e. The van der Waals surface area contributed by atoms with Gasteiger partial charge >= 0.3 is 0 Å². The molecule has 0 aromatic rings. The van der Waals surface area contributed by atoms with Crippen molar-refractivity contribution in [3.63, 3.8) is 0 Å². The number of nitrogens with zero attached hydrogens (tertiary/aromatic N) is 3. The Morgan fingerprint density at radius 2 is 2.30 bits per heavy atom. The van der Waals surface area contributed by atoms with E-state index in [0.717, 1.165) is 12.1 Å². The minimum absolute atomic E-state index is 0.638.